The van der Waals surface area contributed by atoms with Gasteiger partial charge in [-0.05, 0) is 35.9 Å². The second kappa shape index (κ2) is 7.90. The minimum atomic E-state index is -0.0714. The number of halogens is 1. The number of hydrogen-bond acceptors (Lipinski definition) is 4. The molecule has 0 saturated heterocycles. The molecule has 3 rings (SSSR count). The molecule has 0 aliphatic heterocycles. The first kappa shape index (κ1) is 16.4. The molecule has 24 heavy (non-hydrogen) atoms. The molecule has 2 heterocycles. The summed E-state index contributed by atoms with van der Waals surface area (Å²) in [4.78, 5) is 8.92. The van der Waals surface area contributed by atoms with Gasteiger partial charge in [0, 0.05) is 23.8 Å². The average molecular weight is 340 g/mol. The first-order chi connectivity index (χ1) is 11.8. The third-order valence-electron chi connectivity index (χ3n) is 3.64. The van der Waals surface area contributed by atoms with Gasteiger partial charge in [-0.1, -0.05) is 35.9 Å². The number of hydrogen-bond donors (Lipinski definition) is 1. The molecule has 5 heteroatoms. The summed E-state index contributed by atoms with van der Waals surface area (Å²) in [6, 6.07) is 19.3. The van der Waals surface area contributed by atoms with Gasteiger partial charge in [-0.15, -0.1) is 0 Å². The Kier molecular flexibility index (Phi) is 5.41. The number of benzene rings is 1. The highest BCUT2D eigenvalue weighted by molar-refractivity contribution is 6.30. The summed E-state index contributed by atoms with van der Waals surface area (Å²) in [7, 11) is 1.61. The van der Waals surface area contributed by atoms with E-state index in [1.54, 1.807) is 13.3 Å². The lowest BCUT2D eigenvalue weighted by molar-refractivity contribution is 0.395. The zero-order valence-electron chi connectivity index (χ0n) is 13.3. The summed E-state index contributed by atoms with van der Waals surface area (Å²) >= 11 is 6.16. The molecule has 3 aromatic rings. The van der Waals surface area contributed by atoms with Crippen molar-refractivity contribution in [3.05, 3.63) is 88.8 Å². The number of rotatable bonds is 6. The molecule has 0 radical (unpaired) electrons. The predicted octanol–water partition coefficient (Wildman–Crippen LogP) is 4.02. The standard InChI is InChI=1S/C19H18ClN3O/c1-24-18-10-5-8-16(23-18)13-22-19(17-9-2-3-11-21-17)14-6-4-7-15(20)12-14/h2-12,19,22H,13H2,1H3. The molecule has 4 nitrogen and oxygen atoms in total. The first-order valence-electron chi connectivity index (χ1n) is 7.66. The normalized spacial score (nSPS) is 11.9. The molecule has 0 aliphatic rings. The van der Waals surface area contributed by atoms with E-state index < -0.39 is 0 Å². The van der Waals surface area contributed by atoms with Gasteiger partial charge >= 0.3 is 0 Å². The van der Waals surface area contributed by atoms with Crippen molar-refractivity contribution in [2.24, 2.45) is 0 Å². The summed E-state index contributed by atoms with van der Waals surface area (Å²) < 4.78 is 5.18. The Morgan fingerprint density at radius 1 is 1.08 bits per heavy atom. The summed E-state index contributed by atoms with van der Waals surface area (Å²) in [5, 5.41) is 4.21. The third kappa shape index (κ3) is 4.10. The van der Waals surface area contributed by atoms with Crippen LogP contribution in [0, 0.1) is 0 Å². The van der Waals surface area contributed by atoms with Crippen molar-refractivity contribution in [1.82, 2.24) is 15.3 Å². The van der Waals surface area contributed by atoms with E-state index in [4.69, 9.17) is 16.3 Å². The number of nitrogens with zero attached hydrogens (tertiary/aromatic N) is 2. The van der Waals surface area contributed by atoms with E-state index in [1.165, 1.54) is 0 Å². The SMILES string of the molecule is COc1cccc(CNC(c2cccc(Cl)c2)c2ccccn2)n1. The summed E-state index contributed by atoms with van der Waals surface area (Å²) in [5.41, 5.74) is 2.89. The van der Waals surface area contributed by atoms with Crippen molar-refractivity contribution in [2.75, 3.05) is 7.11 Å². The highest BCUT2D eigenvalue weighted by Gasteiger charge is 2.15. The predicted molar refractivity (Wildman–Crippen MR) is 95.2 cm³/mol. The minimum absolute atomic E-state index is 0.0714. The van der Waals surface area contributed by atoms with Gasteiger partial charge in [0.1, 0.15) is 0 Å². The maximum absolute atomic E-state index is 6.16. The number of pyridine rings is 2. The largest absolute Gasteiger partial charge is 0.481 e. The van der Waals surface area contributed by atoms with Crippen molar-refractivity contribution < 1.29 is 4.74 Å². The van der Waals surface area contributed by atoms with E-state index in [0.29, 0.717) is 17.4 Å². The summed E-state index contributed by atoms with van der Waals surface area (Å²) in [6.45, 7) is 0.588. The molecular weight excluding hydrogens is 322 g/mol. The van der Waals surface area contributed by atoms with Crippen LogP contribution in [0.2, 0.25) is 5.02 Å². The third-order valence-corrected chi connectivity index (χ3v) is 3.88. The second-order valence-electron chi connectivity index (χ2n) is 5.29. The maximum atomic E-state index is 6.16. The van der Waals surface area contributed by atoms with Crippen LogP contribution in [-0.2, 0) is 6.54 Å². The molecular formula is C19H18ClN3O. The first-order valence-corrected chi connectivity index (χ1v) is 8.04. The van der Waals surface area contributed by atoms with Crippen molar-refractivity contribution in [3.63, 3.8) is 0 Å². The van der Waals surface area contributed by atoms with E-state index in [9.17, 15) is 0 Å². The van der Waals surface area contributed by atoms with E-state index in [-0.39, 0.29) is 6.04 Å². The second-order valence-corrected chi connectivity index (χ2v) is 5.73. The van der Waals surface area contributed by atoms with E-state index in [1.807, 2.05) is 60.7 Å². The molecule has 0 saturated carbocycles. The van der Waals surface area contributed by atoms with Gasteiger partial charge in [0.25, 0.3) is 0 Å². The molecule has 0 bridgehead atoms. The van der Waals surface area contributed by atoms with E-state index in [0.717, 1.165) is 17.0 Å². The van der Waals surface area contributed by atoms with Crippen LogP contribution < -0.4 is 10.1 Å². The Hall–Kier alpha value is -2.43. The van der Waals surface area contributed by atoms with Crippen LogP contribution in [0.15, 0.2) is 66.9 Å². The fourth-order valence-electron chi connectivity index (χ4n) is 2.50. The van der Waals surface area contributed by atoms with Crippen LogP contribution in [0.3, 0.4) is 0 Å². The Bertz CT molecular complexity index is 795. The Morgan fingerprint density at radius 3 is 2.71 bits per heavy atom. The lowest BCUT2D eigenvalue weighted by Crippen LogP contribution is -2.23. The van der Waals surface area contributed by atoms with Crippen LogP contribution >= 0.6 is 11.6 Å². The highest BCUT2D eigenvalue weighted by atomic mass is 35.5. The molecule has 0 spiro atoms. The number of nitrogens with one attached hydrogen (secondary N) is 1. The van der Waals surface area contributed by atoms with E-state index in [2.05, 4.69) is 15.3 Å². The lowest BCUT2D eigenvalue weighted by atomic mass is 10.0. The Balaban J connectivity index is 1.85. The van der Waals surface area contributed by atoms with Gasteiger partial charge in [0.05, 0.1) is 24.5 Å². The fraction of sp³-hybridized carbons (Fsp3) is 0.158. The topological polar surface area (TPSA) is 47.0 Å². The molecule has 1 N–H and O–H groups in total. The highest BCUT2D eigenvalue weighted by Crippen LogP contribution is 2.23. The van der Waals surface area contributed by atoms with Crippen LogP contribution in [0.4, 0.5) is 0 Å². The molecule has 0 fully saturated rings. The van der Waals surface area contributed by atoms with Gasteiger partial charge < -0.3 is 4.74 Å². The maximum Gasteiger partial charge on any atom is 0.213 e. The van der Waals surface area contributed by atoms with Crippen molar-refractivity contribution >= 4 is 11.6 Å². The Labute approximate surface area is 146 Å². The number of ether oxygens (including phenoxy) is 1. The lowest BCUT2D eigenvalue weighted by Gasteiger charge is -2.19. The monoisotopic (exact) mass is 339 g/mol. The molecule has 122 valence electrons. The Morgan fingerprint density at radius 2 is 1.96 bits per heavy atom. The van der Waals surface area contributed by atoms with Crippen molar-refractivity contribution in [3.8, 4) is 5.88 Å². The van der Waals surface area contributed by atoms with Crippen molar-refractivity contribution in [1.29, 1.82) is 0 Å². The van der Waals surface area contributed by atoms with Crippen LogP contribution in [0.1, 0.15) is 23.0 Å². The molecule has 1 aromatic carbocycles. The van der Waals surface area contributed by atoms with Gasteiger partial charge in [-0.25, -0.2) is 4.98 Å². The molecule has 0 amide bonds. The molecule has 2 aromatic heterocycles. The zero-order valence-corrected chi connectivity index (χ0v) is 14.1. The average Bonchev–Trinajstić information content (AvgIpc) is 2.63. The quantitative estimate of drug-likeness (QED) is 0.737. The fourth-order valence-corrected chi connectivity index (χ4v) is 2.70. The van der Waals surface area contributed by atoms with Crippen molar-refractivity contribution in [2.45, 2.75) is 12.6 Å². The van der Waals surface area contributed by atoms with Crippen LogP contribution in [0.5, 0.6) is 5.88 Å². The smallest absolute Gasteiger partial charge is 0.213 e. The van der Waals surface area contributed by atoms with Gasteiger partial charge in [0.15, 0.2) is 0 Å². The van der Waals surface area contributed by atoms with Crippen LogP contribution in [-0.4, -0.2) is 17.1 Å². The summed E-state index contributed by atoms with van der Waals surface area (Å²) in [5.74, 6) is 0.603. The van der Waals surface area contributed by atoms with Crippen LogP contribution in [0.25, 0.3) is 0 Å². The minimum Gasteiger partial charge on any atom is -0.481 e. The van der Waals surface area contributed by atoms with E-state index >= 15 is 0 Å². The van der Waals surface area contributed by atoms with Gasteiger partial charge in [-0.2, -0.15) is 0 Å². The number of methoxy groups -OCH3 is 1. The molecule has 0 aliphatic carbocycles. The van der Waals surface area contributed by atoms with Gasteiger partial charge in [0.2, 0.25) is 5.88 Å². The zero-order chi connectivity index (χ0) is 16.8. The summed E-state index contributed by atoms with van der Waals surface area (Å²) in [6.07, 6.45) is 1.79. The molecule has 1 atom stereocenters. The molecule has 1 unspecified atom stereocenters. The van der Waals surface area contributed by atoms with Gasteiger partial charge in [-0.3, -0.25) is 10.3 Å². The number of aromatic nitrogens is 2.